The van der Waals surface area contributed by atoms with E-state index in [9.17, 15) is 4.79 Å². The summed E-state index contributed by atoms with van der Waals surface area (Å²) < 4.78 is 8.65. The predicted molar refractivity (Wildman–Crippen MR) is 76.6 cm³/mol. The van der Waals surface area contributed by atoms with Gasteiger partial charge in [0.15, 0.2) is 0 Å². The Labute approximate surface area is 130 Å². The van der Waals surface area contributed by atoms with E-state index < -0.39 is 0 Å². The summed E-state index contributed by atoms with van der Waals surface area (Å²) in [6.07, 6.45) is 3.34. The van der Waals surface area contributed by atoms with Crippen molar-refractivity contribution in [1.29, 1.82) is 0 Å². The first kappa shape index (κ1) is 14.4. The van der Waals surface area contributed by atoms with Crippen LogP contribution in [0, 0.1) is 0 Å². The van der Waals surface area contributed by atoms with Gasteiger partial charge in [-0.3, -0.25) is 4.79 Å². The molecule has 1 fully saturated rings. The number of ether oxygens (including phenoxy) is 1. The Morgan fingerprint density at radius 2 is 2.29 bits per heavy atom. The van der Waals surface area contributed by atoms with Gasteiger partial charge in [0.2, 0.25) is 0 Å². The summed E-state index contributed by atoms with van der Waals surface area (Å²) in [6.45, 7) is 0.894. The number of halogens is 2. The van der Waals surface area contributed by atoms with Crippen molar-refractivity contribution >= 4 is 29.1 Å². The highest BCUT2D eigenvalue weighted by molar-refractivity contribution is 6.41. The van der Waals surface area contributed by atoms with Crippen molar-refractivity contribution in [3.8, 4) is 0 Å². The Balaban J connectivity index is 1.76. The van der Waals surface area contributed by atoms with Crippen LogP contribution in [0.15, 0.2) is 18.5 Å². The Morgan fingerprint density at radius 3 is 2.90 bits per heavy atom. The summed E-state index contributed by atoms with van der Waals surface area (Å²) in [5, 5.41) is 11.3. The van der Waals surface area contributed by atoms with E-state index in [0.29, 0.717) is 29.1 Å². The minimum atomic E-state index is -0.257. The number of carbonyl (C=O) groups excluding carboxylic acids is 1. The lowest BCUT2D eigenvalue weighted by Crippen LogP contribution is -2.41. The van der Waals surface area contributed by atoms with Crippen LogP contribution in [0.1, 0.15) is 16.5 Å². The zero-order valence-corrected chi connectivity index (χ0v) is 12.7. The smallest absolute Gasteiger partial charge is 0.268 e. The summed E-state index contributed by atoms with van der Waals surface area (Å²) in [7, 11) is 1.68. The van der Waals surface area contributed by atoms with Gasteiger partial charge >= 0.3 is 0 Å². The Hall–Kier alpha value is -1.57. The molecule has 2 aromatic heterocycles. The minimum absolute atomic E-state index is 0.0809. The average molecular weight is 330 g/mol. The maximum Gasteiger partial charge on any atom is 0.268 e. The van der Waals surface area contributed by atoms with E-state index in [1.807, 2.05) is 0 Å². The molecule has 0 spiro atoms. The molecule has 1 amide bonds. The molecule has 3 heterocycles. The van der Waals surface area contributed by atoms with E-state index in [1.54, 1.807) is 34.8 Å². The van der Waals surface area contributed by atoms with Crippen molar-refractivity contribution in [3.05, 3.63) is 34.3 Å². The van der Waals surface area contributed by atoms with Crippen LogP contribution in [0.3, 0.4) is 0 Å². The summed E-state index contributed by atoms with van der Waals surface area (Å²) >= 11 is 11.9. The van der Waals surface area contributed by atoms with Gasteiger partial charge in [-0.2, -0.15) is 0 Å². The molecule has 0 saturated carbocycles. The Morgan fingerprint density at radius 1 is 1.48 bits per heavy atom. The molecule has 9 heteroatoms. The Bertz CT molecular complexity index is 655. The van der Waals surface area contributed by atoms with Gasteiger partial charge in [-0.1, -0.05) is 28.4 Å². The summed E-state index contributed by atoms with van der Waals surface area (Å²) in [5.41, 5.74) is 0.397. The van der Waals surface area contributed by atoms with Gasteiger partial charge in [0.05, 0.1) is 36.5 Å². The van der Waals surface area contributed by atoms with Crippen molar-refractivity contribution in [3.63, 3.8) is 0 Å². The van der Waals surface area contributed by atoms with Gasteiger partial charge < -0.3 is 14.6 Å². The normalized spacial score (nSPS) is 21.7. The highest BCUT2D eigenvalue weighted by Gasteiger charge is 2.32. The van der Waals surface area contributed by atoms with Crippen molar-refractivity contribution in [2.24, 2.45) is 7.05 Å². The lowest BCUT2D eigenvalue weighted by molar-refractivity contribution is 0.0916. The standard InChI is InChI=1S/C12H13Cl2N5O2/c1-18-9(4-7(13)11(18)14)12(20)16-8-5-21-6-10(8)19-3-2-15-17-19/h2-4,8,10H,5-6H2,1H3,(H,16,20)/t8-,10+/m0/s1. The number of aromatic nitrogens is 4. The van der Waals surface area contributed by atoms with E-state index in [4.69, 9.17) is 27.9 Å². The van der Waals surface area contributed by atoms with Crippen LogP contribution >= 0.6 is 23.2 Å². The quantitative estimate of drug-likeness (QED) is 0.920. The van der Waals surface area contributed by atoms with E-state index >= 15 is 0 Å². The first-order chi connectivity index (χ1) is 10.1. The second-order valence-electron chi connectivity index (χ2n) is 4.80. The number of amides is 1. The first-order valence-electron chi connectivity index (χ1n) is 6.33. The molecule has 0 bridgehead atoms. The van der Waals surface area contributed by atoms with Crippen LogP contribution in [-0.2, 0) is 11.8 Å². The molecule has 1 aliphatic rings. The van der Waals surface area contributed by atoms with Crippen molar-refractivity contribution in [1.82, 2.24) is 24.9 Å². The fourth-order valence-corrected chi connectivity index (χ4v) is 2.71. The maximum absolute atomic E-state index is 12.4. The van der Waals surface area contributed by atoms with Crippen LogP contribution in [0.25, 0.3) is 0 Å². The van der Waals surface area contributed by atoms with Crippen LogP contribution in [-0.4, -0.2) is 44.7 Å². The van der Waals surface area contributed by atoms with E-state index in [1.165, 1.54) is 0 Å². The monoisotopic (exact) mass is 329 g/mol. The number of nitrogens with one attached hydrogen (secondary N) is 1. The second kappa shape index (κ2) is 5.67. The fourth-order valence-electron chi connectivity index (χ4n) is 2.34. The lowest BCUT2D eigenvalue weighted by Gasteiger charge is -2.19. The molecular formula is C12H13Cl2N5O2. The molecule has 1 aliphatic heterocycles. The zero-order chi connectivity index (χ0) is 15.0. The topological polar surface area (TPSA) is 74.0 Å². The van der Waals surface area contributed by atoms with E-state index in [2.05, 4.69) is 15.6 Å². The third kappa shape index (κ3) is 2.64. The SMILES string of the molecule is Cn1c(C(=O)N[C@H]2COC[C@H]2n2ccnn2)cc(Cl)c1Cl. The second-order valence-corrected chi connectivity index (χ2v) is 5.56. The summed E-state index contributed by atoms with van der Waals surface area (Å²) in [4.78, 5) is 12.4. The molecule has 0 radical (unpaired) electrons. The van der Waals surface area contributed by atoms with Crippen LogP contribution in [0.2, 0.25) is 10.2 Å². The zero-order valence-electron chi connectivity index (χ0n) is 11.2. The number of hydrogen-bond donors (Lipinski definition) is 1. The number of carbonyl (C=O) groups is 1. The van der Waals surface area contributed by atoms with Gasteiger partial charge in [0.1, 0.15) is 10.8 Å². The molecule has 112 valence electrons. The van der Waals surface area contributed by atoms with Crippen LogP contribution < -0.4 is 5.32 Å². The number of hydrogen-bond acceptors (Lipinski definition) is 4. The average Bonchev–Trinajstić information content (AvgIpc) is 3.16. The van der Waals surface area contributed by atoms with Gasteiger partial charge in [-0.15, -0.1) is 5.10 Å². The molecule has 1 N–H and O–H groups in total. The highest BCUT2D eigenvalue weighted by atomic mass is 35.5. The maximum atomic E-state index is 12.4. The van der Waals surface area contributed by atoms with E-state index in [-0.39, 0.29) is 18.0 Å². The summed E-state index contributed by atoms with van der Waals surface area (Å²) in [5.74, 6) is -0.257. The molecule has 0 aromatic carbocycles. The molecule has 3 rings (SSSR count). The molecule has 21 heavy (non-hydrogen) atoms. The van der Waals surface area contributed by atoms with Gasteiger partial charge in [0, 0.05) is 13.2 Å². The molecule has 7 nitrogen and oxygen atoms in total. The van der Waals surface area contributed by atoms with Gasteiger partial charge in [-0.05, 0) is 6.07 Å². The number of nitrogens with zero attached hydrogens (tertiary/aromatic N) is 4. The molecular weight excluding hydrogens is 317 g/mol. The van der Waals surface area contributed by atoms with Crippen LogP contribution in [0.5, 0.6) is 0 Å². The van der Waals surface area contributed by atoms with Gasteiger partial charge in [0.25, 0.3) is 5.91 Å². The molecule has 0 aliphatic carbocycles. The summed E-state index contributed by atoms with van der Waals surface area (Å²) in [6, 6.07) is 1.27. The predicted octanol–water partition coefficient (Wildman–Crippen LogP) is 1.29. The highest BCUT2D eigenvalue weighted by Crippen LogP contribution is 2.25. The van der Waals surface area contributed by atoms with Crippen LogP contribution in [0.4, 0.5) is 0 Å². The molecule has 2 aromatic rings. The molecule has 1 saturated heterocycles. The fraction of sp³-hybridized carbons (Fsp3) is 0.417. The molecule has 2 atom stereocenters. The third-order valence-electron chi connectivity index (χ3n) is 3.50. The third-order valence-corrected chi connectivity index (χ3v) is 4.34. The van der Waals surface area contributed by atoms with E-state index in [0.717, 1.165) is 0 Å². The molecule has 0 unspecified atom stereocenters. The largest absolute Gasteiger partial charge is 0.377 e. The number of rotatable bonds is 3. The van der Waals surface area contributed by atoms with Crippen molar-refractivity contribution in [2.75, 3.05) is 13.2 Å². The van der Waals surface area contributed by atoms with Crippen molar-refractivity contribution in [2.45, 2.75) is 12.1 Å². The lowest BCUT2D eigenvalue weighted by atomic mass is 10.1. The van der Waals surface area contributed by atoms with Gasteiger partial charge in [-0.25, -0.2) is 4.68 Å². The minimum Gasteiger partial charge on any atom is -0.377 e. The first-order valence-corrected chi connectivity index (χ1v) is 7.08. The van der Waals surface area contributed by atoms with Crippen molar-refractivity contribution < 1.29 is 9.53 Å². The Kier molecular flexibility index (Phi) is 3.88.